The first-order valence-corrected chi connectivity index (χ1v) is 14.6. The zero-order valence-corrected chi connectivity index (χ0v) is 22.4. The molecule has 0 spiro atoms. The van der Waals surface area contributed by atoms with Crippen molar-refractivity contribution in [3.05, 3.63) is 12.2 Å². The minimum Gasteiger partial charge on any atom is -0.456 e. The van der Waals surface area contributed by atoms with Crippen molar-refractivity contribution in [2.45, 2.75) is 155 Å². The average molecular weight is 465 g/mol. The SMILES string of the molecule is C=C(C)C(=O)OC(COCCCCCCCCCCCCCCCCCC)C1CCCCC1. The number of rotatable bonds is 22. The maximum absolute atomic E-state index is 12.0. The van der Waals surface area contributed by atoms with E-state index in [0.29, 0.717) is 18.1 Å². The van der Waals surface area contributed by atoms with Gasteiger partial charge in [-0.05, 0) is 32.1 Å². The Morgan fingerprint density at radius 3 is 1.67 bits per heavy atom. The van der Waals surface area contributed by atoms with Gasteiger partial charge in [0.2, 0.25) is 0 Å². The largest absolute Gasteiger partial charge is 0.456 e. The summed E-state index contributed by atoms with van der Waals surface area (Å²) >= 11 is 0. The van der Waals surface area contributed by atoms with Gasteiger partial charge >= 0.3 is 5.97 Å². The Labute approximate surface area is 206 Å². The van der Waals surface area contributed by atoms with E-state index < -0.39 is 0 Å². The van der Waals surface area contributed by atoms with Crippen molar-refractivity contribution >= 4 is 5.97 Å². The summed E-state index contributed by atoms with van der Waals surface area (Å²) in [6.45, 7) is 9.06. The molecule has 0 amide bonds. The van der Waals surface area contributed by atoms with Gasteiger partial charge in [0.05, 0.1) is 6.61 Å². The van der Waals surface area contributed by atoms with Crippen LogP contribution in [-0.4, -0.2) is 25.3 Å². The van der Waals surface area contributed by atoms with Crippen molar-refractivity contribution < 1.29 is 14.3 Å². The molecule has 1 rings (SSSR count). The van der Waals surface area contributed by atoms with Gasteiger partial charge in [-0.2, -0.15) is 0 Å². The van der Waals surface area contributed by atoms with Crippen molar-refractivity contribution in [3.8, 4) is 0 Å². The van der Waals surface area contributed by atoms with Crippen LogP contribution < -0.4 is 0 Å². The van der Waals surface area contributed by atoms with E-state index in [1.807, 2.05) is 0 Å². The Morgan fingerprint density at radius 1 is 0.758 bits per heavy atom. The summed E-state index contributed by atoms with van der Waals surface area (Å²) in [5, 5.41) is 0. The minimum absolute atomic E-state index is 0.101. The summed E-state index contributed by atoms with van der Waals surface area (Å²) in [4.78, 5) is 12.0. The Kier molecular flexibility index (Phi) is 19.8. The summed E-state index contributed by atoms with van der Waals surface area (Å²) < 4.78 is 11.7. The minimum atomic E-state index is -0.267. The van der Waals surface area contributed by atoms with E-state index in [0.717, 1.165) is 25.9 Å². The number of carbonyl (C=O) groups excluding carboxylic acids is 1. The number of unbranched alkanes of at least 4 members (excludes halogenated alkanes) is 15. The Hall–Kier alpha value is -0.830. The lowest BCUT2D eigenvalue weighted by atomic mass is 9.85. The van der Waals surface area contributed by atoms with Crippen LogP contribution in [0.25, 0.3) is 0 Å². The van der Waals surface area contributed by atoms with E-state index in [-0.39, 0.29) is 12.1 Å². The predicted molar refractivity (Wildman–Crippen MR) is 142 cm³/mol. The van der Waals surface area contributed by atoms with Crippen LogP contribution in [0.1, 0.15) is 149 Å². The van der Waals surface area contributed by atoms with Gasteiger partial charge in [-0.1, -0.05) is 129 Å². The van der Waals surface area contributed by atoms with Crippen molar-refractivity contribution in [2.24, 2.45) is 5.92 Å². The molecule has 194 valence electrons. The highest BCUT2D eigenvalue weighted by atomic mass is 16.6. The van der Waals surface area contributed by atoms with Gasteiger partial charge in [-0.25, -0.2) is 4.79 Å². The molecule has 0 aromatic carbocycles. The third kappa shape index (κ3) is 17.3. The zero-order valence-electron chi connectivity index (χ0n) is 22.4. The number of hydrogen-bond acceptors (Lipinski definition) is 3. The Bertz CT molecular complexity index is 467. The third-order valence-corrected chi connectivity index (χ3v) is 7.21. The summed E-state index contributed by atoms with van der Waals surface area (Å²) in [5.41, 5.74) is 0.480. The quantitative estimate of drug-likeness (QED) is 0.0909. The van der Waals surface area contributed by atoms with E-state index in [4.69, 9.17) is 9.47 Å². The van der Waals surface area contributed by atoms with Gasteiger partial charge in [0.1, 0.15) is 6.10 Å². The molecule has 1 aliphatic carbocycles. The first-order valence-electron chi connectivity index (χ1n) is 14.6. The van der Waals surface area contributed by atoms with E-state index >= 15 is 0 Å². The van der Waals surface area contributed by atoms with E-state index in [2.05, 4.69) is 13.5 Å². The topological polar surface area (TPSA) is 35.5 Å². The molecule has 3 nitrogen and oxygen atoms in total. The van der Waals surface area contributed by atoms with Gasteiger partial charge in [-0.3, -0.25) is 0 Å². The second kappa shape index (κ2) is 21.7. The van der Waals surface area contributed by atoms with Crippen LogP contribution in [0.3, 0.4) is 0 Å². The lowest BCUT2D eigenvalue weighted by molar-refractivity contribution is -0.151. The maximum atomic E-state index is 12.0. The lowest BCUT2D eigenvalue weighted by Gasteiger charge is -2.30. The standard InChI is InChI=1S/C30H56O3/c1-4-5-6-7-8-9-10-11-12-13-14-15-16-17-18-22-25-32-26-29(33-30(31)27(2)3)28-23-20-19-21-24-28/h28-29H,2,4-26H2,1,3H3. The van der Waals surface area contributed by atoms with E-state index in [1.54, 1.807) is 6.92 Å². The molecule has 33 heavy (non-hydrogen) atoms. The summed E-state index contributed by atoms with van der Waals surface area (Å²) in [7, 11) is 0. The number of ether oxygens (including phenoxy) is 2. The highest BCUT2D eigenvalue weighted by molar-refractivity contribution is 5.87. The molecule has 1 atom stereocenters. The van der Waals surface area contributed by atoms with Crippen LogP contribution >= 0.6 is 0 Å². The molecule has 0 aromatic rings. The molecule has 0 heterocycles. The fourth-order valence-corrected chi connectivity index (χ4v) is 4.96. The molecule has 0 bridgehead atoms. The number of esters is 1. The van der Waals surface area contributed by atoms with E-state index in [9.17, 15) is 4.79 Å². The molecular weight excluding hydrogens is 408 g/mol. The molecule has 1 fully saturated rings. The van der Waals surface area contributed by atoms with Crippen LogP contribution in [-0.2, 0) is 14.3 Å². The number of hydrogen-bond donors (Lipinski definition) is 0. The van der Waals surface area contributed by atoms with Crippen LogP contribution in [0.4, 0.5) is 0 Å². The van der Waals surface area contributed by atoms with Gasteiger partial charge in [0, 0.05) is 12.2 Å². The molecule has 1 aliphatic rings. The fraction of sp³-hybridized carbons (Fsp3) is 0.900. The maximum Gasteiger partial charge on any atom is 0.333 e. The predicted octanol–water partition coefficient (Wildman–Crippen LogP) is 9.33. The summed E-state index contributed by atoms with van der Waals surface area (Å²) in [6.07, 6.45) is 28.1. The fourth-order valence-electron chi connectivity index (χ4n) is 4.96. The van der Waals surface area contributed by atoms with Crippen LogP contribution in [0.2, 0.25) is 0 Å². The van der Waals surface area contributed by atoms with Crippen molar-refractivity contribution in [3.63, 3.8) is 0 Å². The number of carbonyl (C=O) groups is 1. The van der Waals surface area contributed by atoms with Gasteiger partial charge in [-0.15, -0.1) is 0 Å². The second-order valence-corrected chi connectivity index (χ2v) is 10.5. The van der Waals surface area contributed by atoms with Crippen LogP contribution in [0.15, 0.2) is 12.2 Å². The molecular formula is C30H56O3. The molecule has 0 aliphatic heterocycles. The van der Waals surface area contributed by atoms with Crippen molar-refractivity contribution in [1.82, 2.24) is 0 Å². The van der Waals surface area contributed by atoms with Gasteiger partial charge in [0.25, 0.3) is 0 Å². The monoisotopic (exact) mass is 464 g/mol. The smallest absolute Gasteiger partial charge is 0.333 e. The van der Waals surface area contributed by atoms with Gasteiger partial charge < -0.3 is 9.47 Å². The molecule has 0 aromatic heterocycles. The van der Waals surface area contributed by atoms with E-state index in [1.165, 1.54) is 116 Å². The highest BCUT2D eigenvalue weighted by Crippen LogP contribution is 2.28. The molecule has 0 N–H and O–H groups in total. The Morgan fingerprint density at radius 2 is 1.21 bits per heavy atom. The van der Waals surface area contributed by atoms with Crippen LogP contribution in [0.5, 0.6) is 0 Å². The second-order valence-electron chi connectivity index (χ2n) is 10.5. The molecule has 3 heteroatoms. The molecule has 1 saturated carbocycles. The highest BCUT2D eigenvalue weighted by Gasteiger charge is 2.27. The first-order chi connectivity index (χ1) is 16.1. The van der Waals surface area contributed by atoms with Crippen molar-refractivity contribution in [2.75, 3.05) is 13.2 Å². The summed E-state index contributed by atoms with van der Waals surface area (Å²) in [5.74, 6) is 0.185. The molecule has 1 unspecified atom stereocenters. The lowest BCUT2D eigenvalue weighted by Crippen LogP contribution is -2.33. The molecule has 0 saturated heterocycles. The average Bonchev–Trinajstić information content (AvgIpc) is 2.82. The zero-order chi connectivity index (χ0) is 24.0. The normalized spacial score (nSPS) is 15.5. The Balaban J connectivity index is 1.92. The van der Waals surface area contributed by atoms with Crippen LogP contribution in [0, 0.1) is 5.92 Å². The summed E-state index contributed by atoms with van der Waals surface area (Å²) in [6, 6.07) is 0. The third-order valence-electron chi connectivity index (χ3n) is 7.21. The van der Waals surface area contributed by atoms with Gasteiger partial charge in [0.15, 0.2) is 0 Å². The first kappa shape index (κ1) is 30.2. The van der Waals surface area contributed by atoms with Crippen molar-refractivity contribution in [1.29, 1.82) is 0 Å². The molecule has 0 radical (unpaired) electrons.